The molecule has 0 bridgehead atoms. The predicted molar refractivity (Wildman–Crippen MR) is 75.4 cm³/mol. The Bertz CT molecular complexity index is 466. The average molecular weight is 283 g/mol. The fourth-order valence-electron chi connectivity index (χ4n) is 3.10. The van der Waals surface area contributed by atoms with Crippen molar-refractivity contribution in [3.8, 4) is 0 Å². The number of nitrogens with one attached hydrogen (secondary N) is 1. The van der Waals surface area contributed by atoms with E-state index in [-0.39, 0.29) is 6.04 Å². The summed E-state index contributed by atoms with van der Waals surface area (Å²) in [6.07, 6.45) is 3.74. The first-order valence-corrected chi connectivity index (χ1v) is 7.30. The fourth-order valence-corrected chi connectivity index (χ4v) is 3.10. The molecule has 0 heterocycles. The van der Waals surface area contributed by atoms with Gasteiger partial charge in [-0.05, 0) is 31.7 Å². The lowest BCUT2D eigenvalue weighted by Gasteiger charge is -2.36. The quantitative estimate of drug-likeness (QED) is 0.885. The first-order valence-electron chi connectivity index (χ1n) is 7.30. The van der Waals surface area contributed by atoms with Gasteiger partial charge >= 0.3 is 0 Å². The van der Waals surface area contributed by atoms with Gasteiger partial charge in [0, 0.05) is 24.2 Å². The van der Waals surface area contributed by atoms with Gasteiger partial charge < -0.3 is 10.4 Å². The Kier molecular flexibility index (Phi) is 4.76. The van der Waals surface area contributed by atoms with Gasteiger partial charge in [0.25, 0.3) is 0 Å². The summed E-state index contributed by atoms with van der Waals surface area (Å²) in [7, 11) is 0. The highest BCUT2D eigenvalue weighted by molar-refractivity contribution is 5.21. The Morgan fingerprint density at radius 2 is 2.20 bits per heavy atom. The van der Waals surface area contributed by atoms with E-state index in [9.17, 15) is 13.9 Å². The first-order chi connectivity index (χ1) is 9.39. The summed E-state index contributed by atoms with van der Waals surface area (Å²) in [4.78, 5) is 0. The van der Waals surface area contributed by atoms with Crippen molar-refractivity contribution in [2.75, 3.05) is 6.54 Å². The minimum absolute atomic E-state index is 0.253. The lowest BCUT2D eigenvalue weighted by Crippen LogP contribution is -2.44. The third-order valence-corrected chi connectivity index (χ3v) is 4.23. The molecule has 1 fully saturated rings. The molecule has 0 aromatic heterocycles. The van der Waals surface area contributed by atoms with Crippen LogP contribution in [0, 0.1) is 17.6 Å². The van der Waals surface area contributed by atoms with Crippen LogP contribution in [0.5, 0.6) is 0 Å². The molecule has 1 aliphatic rings. The van der Waals surface area contributed by atoms with Gasteiger partial charge in [-0.25, -0.2) is 8.78 Å². The number of hydrogen-bond donors (Lipinski definition) is 2. The third kappa shape index (κ3) is 3.76. The molecule has 2 nitrogen and oxygen atoms in total. The molecule has 1 aromatic carbocycles. The second kappa shape index (κ2) is 6.19. The van der Waals surface area contributed by atoms with Crippen molar-refractivity contribution in [1.29, 1.82) is 0 Å². The van der Waals surface area contributed by atoms with Gasteiger partial charge in [-0.15, -0.1) is 0 Å². The van der Waals surface area contributed by atoms with Gasteiger partial charge in [0.15, 0.2) is 0 Å². The summed E-state index contributed by atoms with van der Waals surface area (Å²) in [5.74, 6) is -0.597. The molecular formula is C16H23F2NO. The molecule has 0 aliphatic heterocycles. The first kappa shape index (κ1) is 15.4. The van der Waals surface area contributed by atoms with E-state index in [1.54, 1.807) is 0 Å². The van der Waals surface area contributed by atoms with Crippen molar-refractivity contribution in [2.24, 2.45) is 5.92 Å². The number of aliphatic hydroxyl groups is 1. The molecule has 112 valence electrons. The van der Waals surface area contributed by atoms with E-state index in [2.05, 4.69) is 12.2 Å². The standard InChI is InChI=1S/C16H23F2NO/c1-11-4-3-7-16(20,9-11)10-19-12(2)14-6-5-13(17)8-15(14)18/h5-6,8,11-12,19-20H,3-4,7,9-10H2,1-2H3. The highest BCUT2D eigenvalue weighted by Gasteiger charge is 2.32. The second-order valence-corrected chi connectivity index (χ2v) is 6.19. The van der Waals surface area contributed by atoms with Crippen LogP contribution in [-0.2, 0) is 0 Å². The summed E-state index contributed by atoms with van der Waals surface area (Å²) in [6, 6.07) is 3.35. The van der Waals surface area contributed by atoms with Gasteiger partial charge in [-0.3, -0.25) is 0 Å². The maximum absolute atomic E-state index is 13.7. The number of benzene rings is 1. The van der Waals surface area contributed by atoms with Crippen molar-refractivity contribution in [3.63, 3.8) is 0 Å². The maximum atomic E-state index is 13.7. The molecule has 0 spiro atoms. The fraction of sp³-hybridized carbons (Fsp3) is 0.625. The zero-order valence-electron chi connectivity index (χ0n) is 12.1. The minimum Gasteiger partial charge on any atom is -0.389 e. The molecule has 1 aromatic rings. The molecule has 2 rings (SSSR count). The van der Waals surface area contributed by atoms with E-state index in [0.29, 0.717) is 18.0 Å². The monoisotopic (exact) mass is 283 g/mol. The Labute approximate surface area is 119 Å². The highest BCUT2D eigenvalue weighted by Crippen LogP contribution is 2.32. The summed E-state index contributed by atoms with van der Waals surface area (Å²) >= 11 is 0. The van der Waals surface area contributed by atoms with Crippen LogP contribution in [0.4, 0.5) is 8.78 Å². The Balaban J connectivity index is 1.96. The Morgan fingerprint density at radius 1 is 1.45 bits per heavy atom. The van der Waals surface area contributed by atoms with Crippen molar-refractivity contribution < 1.29 is 13.9 Å². The zero-order chi connectivity index (χ0) is 14.8. The second-order valence-electron chi connectivity index (χ2n) is 6.19. The topological polar surface area (TPSA) is 32.3 Å². The van der Waals surface area contributed by atoms with E-state index < -0.39 is 17.2 Å². The smallest absolute Gasteiger partial charge is 0.130 e. The largest absolute Gasteiger partial charge is 0.389 e. The van der Waals surface area contributed by atoms with E-state index in [0.717, 1.165) is 31.7 Å². The molecule has 3 unspecified atom stereocenters. The van der Waals surface area contributed by atoms with Crippen LogP contribution in [-0.4, -0.2) is 17.3 Å². The molecule has 1 aliphatic carbocycles. The highest BCUT2D eigenvalue weighted by atomic mass is 19.1. The summed E-state index contributed by atoms with van der Waals surface area (Å²) in [5, 5.41) is 13.7. The van der Waals surface area contributed by atoms with Crippen LogP contribution in [0.3, 0.4) is 0 Å². The van der Waals surface area contributed by atoms with E-state index in [4.69, 9.17) is 0 Å². The number of halogens is 2. The van der Waals surface area contributed by atoms with Crippen molar-refractivity contribution in [1.82, 2.24) is 5.32 Å². The molecule has 3 atom stereocenters. The van der Waals surface area contributed by atoms with Crippen LogP contribution >= 0.6 is 0 Å². The molecule has 4 heteroatoms. The summed E-state index contributed by atoms with van der Waals surface area (Å²) < 4.78 is 26.6. The lowest BCUT2D eigenvalue weighted by atomic mass is 9.79. The van der Waals surface area contributed by atoms with E-state index >= 15 is 0 Å². The zero-order valence-corrected chi connectivity index (χ0v) is 12.1. The molecule has 2 N–H and O–H groups in total. The van der Waals surface area contributed by atoms with E-state index in [1.807, 2.05) is 6.92 Å². The van der Waals surface area contributed by atoms with E-state index in [1.165, 1.54) is 12.1 Å². The van der Waals surface area contributed by atoms with Crippen molar-refractivity contribution in [2.45, 2.75) is 51.2 Å². The summed E-state index contributed by atoms with van der Waals surface area (Å²) in [5.41, 5.74) is -0.276. The lowest BCUT2D eigenvalue weighted by molar-refractivity contribution is -0.0135. The van der Waals surface area contributed by atoms with Crippen molar-refractivity contribution >= 4 is 0 Å². The van der Waals surface area contributed by atoms with Crippen LogP contribution in [0.15, 0.2) is 18.2 Å². The SMILES string of the molecule is CC1CCCC(O)(CNC(C)c2ccc(F)cc2F)C1. The Morgan fingerprint density at radius 3 is 2.85 bits per heavy atom. The normalized spacial score (nSPS) is 28.4. The maximum Gasteiger partial charge on any atom is 0.130 e. The van der Waals surface area contributed by atoms with Crippen LogP contribution in [0.25, 0.3) is 0 Å². The summed E-state index contributed by atoms with van der Waals surface area (Å²) in [6.45, 7) is 4.41. The molecule has 20 heavy (non-hydrogen) atoms. The van der Waals surface area contributed by atoms with Crippen LogP contribution in [0.2, 0.25) is 0 Å². The van der Waals surface area contributed by atoms with Crippen molar-refractivity contribution in [3.05, 3.63) is 35.4 Å². The van der Waals surface area contributed by atoms with Gasteiger partial charge in [-0.1, -0.05) is 25.8 Å². The van der Waals surface area contributed by atoms with Gasteiger partial charge in [0.05, 0.1) is 5.60 Å². The molecule has 0 saturated heterocycles. The molecule has 0 amide bonds. The third-order valence-electron chi connectivity index (χ3n) is 4.23. The Hall–Kier alpha value is -1.00. The average Bonchev–Trinajstić information content (AvgIpc) is 2.36. The van der Waals surface area contributed by atoms with Crippen LogP contribution in [0.1, 0.15) is 51.1 Å². The number of hydrogen-bond acceptors (Lipinski definition) is 2. The molecular weight excluding hydrogens is 260 g/mol. The predicted octanol–water partition coefficient (Wildman–Crippen LogP) is 3.56. The van der Waals surface area contributed by atoms with Gasteiger partial charge in [0.1, 0.15) is 11.6 Å². The van der Waals surface area contributed by atoms with Crippen LogP contribution < -0.4 is 5.32 Å². The minimum atomic E-state index is -0.706. The number of rotatable bonds is 4. The van der Waals surface area contributed by atoms with Gasteiger partial charge in [-0.2, -0.15) is 0 Å². The molecule has 1 saturated carbocycles. The van der Waals surface area contributed by atoms with Gasteiger partial charge in [0.2, 0.25) is 0 Å². The molecule has 0 radical (unpaired) electrons.